The SMILES string of the molecule is CC1(n2cc(Cc3ccc4c5c(cccc35)C(=O)N4C3CCC(=O)NC3=O)cn2)CCN(C(=O)C23CCCC(C2)C3)CC1. The van der Waals surface area contributed by atoms with Gasteiger partial charge in [0.15, 0.2) is 0 Å². The van der Waals surface area contributed by atoms with Crippen molar-refractivity contribution in [1.29, 1.82) is 0 Å². The lowest BCUT2D eigenvalue weighted by molar-refractivity contribution is -0.158. The van der Waals surface area contributed by atoms with E-state index >= 15 is 0 Å². The van der Waals surface area contributed by atoms with Gasteiger partial charge in [-0.05, 0) is 80.0 Å². The van der Waals surface area contributed by atoms with Crippen molar-refractivity contribution in [2.75, 3.05) is 18.0 Å². The molecule has 0 radical (unpaired) electrons. The fraction of sp³-hybridized carbons (Fsp3) is 0.500. The molecule has 1 aromatic heterocycles. The standard InChI is InChI=1S/C34H37N5O4/c1-33(12-14-37(15-13-33)32(43)34-11-3-4-21(17-34)18-34)38-20-22(19-35-38)16-23-7-8-26-29-24(23)5-2-6-25(29)31(42)39(26)27-9-10-28(40)36-30(27)41/h2,5-8,19-21,27H,3-4,9-18H2,1H3,(H,36,40,41). The average molecular weight is 580 g/mol. The number of nitrogens with zero attached hydrogens (tertiary/aromatic N) is 4. The Balaban J connectivity index is 1.00. The van der Waals surface area contributed by atoms with E-state index in [1.807, 2.05) is 36.5 Å². The third-order valence-electron chi connectivity index (χ3n) is 11.1. The largest absolute Gasteiger partial charge is 0.342 e. The van der Waals surface area contributed by atoms with Gasteiger partial charge in [-0.2, -0.15) is 5.10 Å². The summed E-state index contributed by atoms with van der Waals surface area (Å²) >= 11 is 0. The monoisotopic (exact) mass is 579 g/mol. The second-order valence-corrected chi connectivity index (χ2v) is 13.8. The zero-order chi connectivity index (χ0) is 29.5. The number of benzene rings is 2. The van der Waals surface area contributed by atoms with E-state index in [-0.39, 0.29) is 29.2 Å². The first-order chi connectivity index (χ1) is 20.7. The van der Waals surface area contributed by atoms with Crippen LogP contribution in [-0.4, -0.2) is 57.4 Å². The van der Waals surface area contributed by atoms with Crippen LogP contribution in [0, 0.1) is 11.3 Å². The molecule has 9 heteroatoms. The van der Waals surface area contributed by atoms with Crippen molar-refractivity contribution < 1.29 is 19.2 Å². The number of piperidine rings is 2. The zero-order valence-corrected chi connectivity index (χ0v) is 24.6. The number of fused-ring (bicyclic) bond motifs is 2. The predicted octanol–water partition coefficient (Wildman–Crippen LogP) is 4.31. The first-order valence-corrected chi connectivity index (χ1v) is 15.8. The summed E-state index contributed by atoms with van der Waals surface area (Å²) in [6.45, 7) is 3.81. The van der Waals surface area contributed by atoms with Crippen molar-refractivity contribution in [3.05, 3.63) is 59.4 Å². The third-order valence-corrected chi connectivity index (χ3v) is 11.1. The van der Waals surface area contributed by atoms with Gasteiger partial charge in [0.1, 0.15) is 6.04 Å². The predicted molar refractivity (Wildman–Crippen MR) is 160 cm³/mol. The maximum atomic E-state index is 13.5. The lowest BCUT2D eigenvalue weighted by Crippen LogP contribution is -2.56. The maximum absolute atomic E-state index is 13.5. The Hall–Kier alpha value is -4.01. The number of hydrogen-bond acceptors (Lipinski definition) is 5. The molecule has 1 atom stereocenters. The van der Waals surface area contributed by atoms with Crippen LogP contribution >= 0.6 is 0 Å². The molecule has 3 aliphatic heterocycles. The number of imide groups is 1. The van der Waals surface area contributed by atoms with Gasteiger partial charge in [0, 0.05) is 48.5 Å². The first kappa shape index (κ1) is 26.6. The number of rotatable bonds is 5. The lowest BCUT2D eigenvalue weighted by Gasteiger charge is -2.53. The molecule has 4 amide bonds. The van der Waals surface area contributed by atoms with Gasteiger partial charge in [-0.15, -0.1) is 0 Å². The molecule has 3 aliphatic carbocycles. The van der Waals surface area contributed by atoms with Crippen molar-refractivity contribution in [3.8, 4) is 0 Å². The highest BCUT2D eigenvalue weighted by molar-refractivity contribution is 6.27. The van der Waals surface area contributed by atoms with Gasteiger partial charge >= 0.3 is 0 Å². The number of carbonyl (C=O) groups is 4. The Morgan fingerprint density at radius 3 is 2.60 bits per heavy atom. The van der Waals surface area contributed by atoms with Crippen LogP contribution in [0.15, 0.2) is 42.7 Å². The summed E-state index contributed by atoms with van der Waals surface area (Å²) in [5, 5.41) is 9.04. The number of carbonyl (C=O) groups excluding carboxylic acids is 4. The highest BCUT2D eigenvalue weighted by Crippen LogP contribution is 2.56. The molecule has 3 aromatic rings. The quantitative estimate of drug-likeness (QED) is 0.454. The number of anilines is 1. The number of amides is 4. The molecular weight excluding hydrogens is 542 g/mol. The van der Waals surface area contributed by atoms with E-state index in [0.717, 1.165) is 78.7 Å². The molecule has 3 saturated carbocycles. The minimum absolute atomic E-state index is 0.0569. The molecule has 0 spiro atoms. The Morgan fingerprint density at radius 2 is 1.86 bits per heavy atom. The normalized spacial score (nSPS) is 27.8. The fourth-order valence-corrected chi connectivity index (χ4v) is 8.65. The molecular formula is C34H37N5O4. The van der Waals surface area contributed by atoms with E-state index in [1.165, 1.54) is 12.8 Å². The lowest BCUT2D eigenvalue weighted by atomic mass is 9.53. The van der Waals surface area contributed by atoms with Crippen LogP contribution in [0.1, 0.15) is 86.2 Å². The first-order valence-electron chi connectivity index (χ1n) is 15.8. The molecule has 1 unspecified atom stereocenters. The topological polar surface area (TPSA) is 105 Å². The Labute approximate surface area is 250 Å². The highest BCUT2D eigenvalue weighted by atomic mass is 16.2. The van der Waals surface area contributed by atoms with Crippen LogP contribution in [0.25, 0.3) is 10.8 Å². The van der Waals surface area contributed by atoms with Crippen molar-refractivity contribution in [1.82, 2.24) is 20.0 Å². The minimum Gasteiger partial charge on any atom is -0.342 e. The van der Waals surface area contributed by atoms with Crippen molar-refractivity contribution in [2.45, 2.75) is 82.7 Å². The van der Waals surface area contributed by atoms with E-state index < -0.39 is 11.9 Å². The van der Waals surface area contributed by atoms with E-state index in [9.17, 15) is 19.2 Å². The highest BCUT2D eigenvalue weighted by Gasteiger charge is 2.54. The molecule has 43 heavy (non-hydrogen) atoms. The van der Waals surface area contributed by atoms with Gasteiger partial charge in [0.25, 0.3) is 5.91 Å². The molecule has 9 nitrogen and oxygen atoms in total. The van der Waals surface area contributed by atoms with Crippen LogP contribution in [0.4, 0.5) is 5.69 Å². The van der Waals surface area contributed by atoms with Crippen molar-refractivity contribution in [2.24, 2.45) is 11.3 Å². The summed E-state index contributed by atoms with van der Waals surface area (Å²) in [7, 11) is 0. The molecule has 2 saturated heterocycles. The van der Waals surface area contributed by atoms with Crippen molar-refractivity contribution >= 4 is 40.1 Å². The van der Waals surface area contributed by atoms with Gasteiger partial charge < -0.3 is 4.90 Å². The van der Waals surface area contributed by atoms with E-state index in [0.29, 0.717) is 24.3 Å². The van der Waals surface area contributed by atoms with Gasteiger partial charge in [0.2, 0.25) is 17.7 Å². The number of likely N-dealkylation sites (tertiary alicyclic amines) is 1. The second-order valence-electron chi connectivity index (χ2n) is 13.8. The minimum atomic E-state index is -0.694. The van der Waals surface area contributed by atoms with Crippen LogP contribution in [0.2, 0.25) is 0 Å². The van der Waals surface area contributed by atoms with Crippen LogP contribution in [0.3, 0.4) is 0 Å². The van der Waals surface area contributed by atoms with Gasteiger partial charge in [0.05, 0.1) is 17.4 Å². The molecule has 1 N–H and O–H groups in total. The van der Waals surface area contributed by atoms with Gasteiger partial charge in [-0.25, -0.2) is 0 Å². The van der Waals surface area contributed by atoms with Crippen LogP contribution in [-0.2, 0) is 26.3 Å². The summed E-state index contributed by atoms with van der Waals surface area (Å²) in [5.41, 5.74) is 3.30. The van der Waals surface area contributed by atoms with Crippen LogP contribution in [0.5, 0.6) is 0 Å². The molecule has 9 rings (SSSR count). The zero-order valence-electron chi connectivity index (χ0n) is 24.6. The summed E-state index contributed by atoms with van der Waals surface area (Å²) in [5.74, 6) is 0.260. The Bertz CT molecular complexity index is 1690. The molecule has 6 aliphatic rings. The Morgan fingerprint density at radius 1 is 1.05 bits per heavy atom. The summed E-state index contributed by atoms with van der Waals surface area (Å²) in [6, 6.07) is 9.03. The van der Waals surface area contributed by atoms with Crippen LogP contribution < -0.4 is 10.2 Å². The fourth-order valence-electron chi connectivity index (χ4n) is 8.65. The third kappa shape index (κ3) is 4.07. The number of aromatic nitrogens is 2. The maximum Gasteiger partial charge on any atom is 0.259 e. The summed E-state index contributed by atoms with van der Waals surface area (Å²) < 4.78 is 2.09. The summed E-state index contributed by atoms with van der Waals surface area (Å²) in [6.07, 6.45) is 12.8. The molecule has 2 aromatic carbocycles. The average Bonchev–Trinajstić information content (AvgIpc) is 3.58. The Kier molecular flexibility index (Phi) is 5.87. The van der Waals surface area contributed by atoms with Crippen molar-refractivity contribution in [3.63, 3.8) is 0 Å². The van der Waals surface area contributed by atoms with E-state index in [1.54, 1.807) is 4.90 Å². The summed E-state index contributed by atoms with van der Waals surface area (Å²) in [4.78, 5) is 55.0. The smallest absolute Gasteiger partial charge is 0.259 e. The molecule has 4 heterocycles. The number of hydrogen-bond donors (Lipinski definition) is 1. The van der Waals surface area contributed by atoms with E-state index in [2.05, 4.69) is 28.0 Å². The number of nitrogens with one attached hydrogen (secondary N) is 1. The van der Waals surface area contributed by atoms with E-state index in [4.69, 9.17) is 5.10 Å². The molecule has 5 fully saturated rings. The van der Waals surface area contributed by atoms with Gasteiger partial charge in [-0.3, -0.25) is 34.1 Å². The molecule has 222 valence electrons. The second kappa shape index (κ2) is 9.49. The molecule has 2 bridgehead atoms. The van der Waals surface area contributed by atoms with Gasteiger partial charge in [-0.1, -0.05) is 31.0 Å².